The van der Waals surface area contributed by atoms with Crippen LogP contribution in [0.25, 0.3) is 16.3 Å². The number of hydrogen-bond acceptors (Lipinski definition) is 4. The van der Waals surface area contributed by atoms with Gasteiger partial charge in [0.15, 0.2) is 4.80 Å². The Morgan fingerprint density at radius 3 is 2.69 bits per heavy atom. The van der Waals surface area contributed by atoms with Gasteiger partial charge in [0.1, 0.15) is 12.4 Å². The van der Waals surface area contributed by atoms with Crippen molar-refractivity contribution in [2.24, 2.45) is 4.99 Å². The fourth-order valence-electron chi connectivity index (χ4n) is 2.38. The number of amides is 1. The van der Waals surface area contributed by atoms with E-state index in [9.17, 15) is 14.0 Å². The van der Waals surface area contributed by atoms with Gasteiger partial charge in [-0.05, 0) is 23.8 Å². The number of hydrogen-bond donors (Lipinski definition) is 0. The number of rotatable bonds is 4. The summed E-state index contributed by atoms with van der Waals surface area (Å²) in [6.45, 7) is -0.230. The van der Waals surface area contributed by atoms with E-state index in [0.29, 0.717) is 4.70 Å². The Morgan fingerprint density at radius 2 is 1.96 bits per heavy atom. The Labute approximate surface area is 152 Å². The lowest BCUT2D eigenvalue weighted by molar-refractivity contribution is -0.141. The van der Waals surface area contributed by atoms with Crippen molar-refractivity contribution in [3.63, 3.8) is 0 Å². The van der Waals surface area contributed by atoms with Gasteiger partial charge >= 0.3 is 5.97 Å². The van der Waals surface area contributed by atoms with Crippen molar-refractivity contribution in [3.05, 3.63) is 70.8 Å². The number of thiazole rings is 1. The summed E-state index contributed by atoms with van der Waals surface area (Å²) in [6.07, 6.45) is 2.98. The maximum Gasteiger partial charge on any atom is 0.325 e. The fraction of sp³-hybridized carbons (Fsp3) is 0.105. The molecule has 2 aromatic carbocycles. The maximum absolute atomic E-state index is 14.2. The number of aromatic nitrogens is 1. The molecule has 3 rings (SSSR count). The first kappa shape index (κ1) is 17.8. The number of methoxy groups -OCH3 is 1. The zero-order valence-electron chi connectivity index (χ0n) is 13.9. The van der Waals surface area contributed by atoms with Crippen LogP contribution in [0.15, 0.2) is 59.6 Å². The quantitative estimate of drug-likeness (QED) is 0.524. The van der Waals surface area contributed by atoms with Crippen LogP contribution in [0.1, 0.15) is 5.56 Å². The lowest BCUT2D eigenvalue weighted by Gasteiger charge is -2.03. The normalized spacial score (nSPS) is 12.0. The van der Waals surface area contributed by atoms with Crippen LogP contribution < -0.4 is 4.80 Å². The van der Waals surface area contributed by atoms with Crippen molar-refractivity contribution >= 4 is 39.5 Å². The molecule has 3 aromatic rings. The van der Waals surface area contributed by atoms with Crippen LogP contribution in [0.5, 0.6) is 0 Å². The number of ether oxygens (including phenoxy) is 1. The summed E-state index contributed by atoms with van der Waals surface area (Å²) in [4.78, 5) is 28.1. The number of nitrogens with zero attached hydrogens (tertiary/aromatic N) is 2. The smallest absolute Gasteiger partial charge is 0.325 e. The van der Waals surface area contributed by atoms with Gasteiger partial charge in [-0.1, -0.05) is 47.7 Å². The van der Waals surface area contributed by atoms with Crippen LogP contribution in [0.4, 0.5) is 4.39 Å². The first-order valence-electron chi connectivity index (χ1n) is 7.75. The minimum absolute atomic E-state index is 0.224. The maximum atomic E-state index is 14.2. The van der Waals surface area contributed by atoms with Crippen LogP contribution in [-0.4, -0.2) is 23.6 Å². The van der Waals surface area contributed by atoms with Crippen LogP contribution in [-0.2, 0) is 20.9 Å². The van der Waals surface area contributed by atoms with Crippen LogP contribution >= 0.6 is 11.3 Å². The number of benzene rings is 2. The highest BCUT2D eigenvalue weighted by atomic mass is 32.1. The largest absolute Gasteiger partial charge is 0.468 e. The average Bonchev–Trinajstić information content (AvgIpc) is 2.99. The molecule has 1 heterocycles. The molecule has 0 aliphatic heterocycles. The molecule has 0 aliphatic carbocycles. The van der Waals surface area contributed by atoms with Crippen molar-refractivity contribution in [3.8, 4) is 0 Å². The second kappa shape index (κ2) is 7.88. The van der Waals surface area contributed by atoms with E-state index < -0.39 is 17.7 Å². The molecule has 132 valence electrons. The fourth-order valence-corrected chi connectivity index (χ4v) is 3.42. The zero-order chi connectivity index (χ0) is 18.5. The third-order valence-corrected chi connectivity index (χ3v) is 4.63. The number of esters is 1. The second-order valence-electron chi connectivity index (χ2n) is 5.33. The molecule has 7 heteroatoms. The summed E-state index contributed by atoms with van der Waals surface area (Å²) in [5.41, 5.74) is 1.09. The van der Waals surface area contributed by atoms with Gasteiger partial charge in [0.25, 0.3) is 5.91 Å². The van der Waals surface area contributed by atoms with E-state index in [4.69, 9.17) is 0 Å². The molecule has 0 spiro atoms. The molecule has 1 aromatic heterocycles. The van der Waals surface area contributed by atoms with Gasteiger partial charge < -0.3 is 9.30 Å². The van der Waals surface area contributed by atoms with Gasteiger partial charge in [-0.15, -0.1) is 0 Å². The standard InChI is InChI=1S/C19H15FN2O3S/c1-25-17(24)12-22-18-14(20)8-5-9-15(18)26-19(22)21-16(23)11-10-13-6-3-2-4-7-13/h2-11H,12H2,1H3/b11-10+,21-19?. The van der Waals surface area contributed by atoms with Gasteiger partial charge in [-0.3, -0.25) is 9.59 Å². The second-order valence-corrected chi connectivity index (χ2v) is 6.34. The van der Waals surface area contributed by atoms with Crippen molar-refractivity contribution in [1.82, 2.24) is 4.57 Å². The van der Waals surface area contributed by atoms with E-state index in [2.05, 4.69) is 9.73 Å². The number of para-hydroxylation sites is 1. The van der Waals surface area contributed by atoms with Crippen LogP contribution in [0.2, 0.25) is 0 Å². The molecule has 0 saturated heterocycles. The SMILES string of the molecule is COC(=O)Cn1c(=NC(=O)/C=C/c2ccccc2)sc2cccc(F)c21. The molecule has 0 N–H and O–H groups in total. The van der Waals surface area contributed by atoms with Crippen molar-refractivity contribution in [2.75, 3.05) is 7.11 Å². The minimum atomic E-state index is -0.554. The van der Waals surface area contributed by atoms with E-state index in [0.717, 1.165) is 16.9 Å². The van der Waals surface area contributed by atoms with Crippen LogP contribution in [0.3, 0.4) is 0 Å². The Balaban J connectivity index is 2.03. The summed E-state index contributed by atoms with van der Waals surface area (Å²) in [5.74, 6) is -1.54. The number of carbonyl (C=O) groups is 2. The van der Waals surface area contributed by atoms with E-state index >= 15 is 0 Å². The van der Waals surface area contributed by atoms with Crippen LogP contribution in [0, 0.1) is 5.82 Å². The topological polar surface area (TPSA) is 60.7 Å². The van der Waals surface area contributed by atoms with Crippen molar-refractivity contribution in [1.29, 1.82) is 0 Å². The average molecular weight is 370 g/mol. The molecule has 0 atom stereocenters. The van der Waals surface area contributed by atoms with Gasteiger partial charge in [0.2, 0.25) is 0 Å². The molecule has 0 fully saturated rings. The van der Waals surface area contributed by atoms with E-state index in [-0.39, 0.29) is 16.9 Å². The lowest BCUT2D eigenvalue weighted by Crippen LogP contribution is -2.22. The van der Waals surface area contributed by atoms with Crippen molar-refractivity contribution in [2.45, 2.75) is 6.54 Å². The molecular formula is C19H15FN2O3S. The van der Waals surface area contributed by atoms with E-state index in [1.807, 2.05) is 30.3 Å². The molecule has 0 saturated carbocycles. The molecule has 0 radical (unpaired) electrons. The summed E-state index contributed by atoms with van der Waals surface area (Å²) >= 11 is 1.13. The molecule has 0 bridgehead atoms. The third-order valence-electron chi connectivity index (χ3n) is 3.59. The zero-order valence-corrected chi connectivity index (χ0v) is 14.7. The van der Waals surface area contributed by atoms with E-state index in [1.165, 1.54) is 23.8 Å². The summed E-state index contributed by atoms with van der Waals surface area (Å²) in [6, 6.07) is 13.9. The Morgan fingerprint density at radius 1 is 1.19 bits per heavy atom. The van der Waals surface area contributed by atoms with Gasteiger partial charge in [-0.25, -0.2) is 4.39 Å². The first-order valence-corrected chi connectivity index (χ1v) is 8.56. The molecule has 1 amide bonds. The first-order chi connectivity index (χ1) is 12.6. The predicted octanol–water partition coefficient (Wildman–Crippen LogP) is 3.16. The highest BCUT2D eigenvalue weighted by Crippen LogP contribution is 2.20. The number of carbonyl (C=O) groups excluding carboxylic acids is 2. The molecule has 26 heavy (non-hydrogen) atoms. The van der Waals surface area contributed by atoms with Gasteiger partial charge in [0, 0.05) is 6.08 Å². The lowest BCUT2D eigenvalue weighted by atomic mass is 10.2. The van der Waals surface area contributed by atoms with Gasteiger partial charge in [0.05, 0.1) is 17.3 Å². The Kier molecular flexibility index (Phi) is 5.38. The summed E-state index contributed by atoms with van der Waals surface area (Å²) in [7, 11) is 1.25. The molecular weight excluding hydrogens is 355 g/mol. The predicted molar refractivity (Wildman–Crippen MR) is 97.8 cm³/mol. The van der Waals surface area contributed by atoms with E-state index in [1.54, 1.807) is 18.2 Å². The minimum Gasteiger partial charge on any atom is -0.468 e. The molecule has 5 nitrogen and oxygen atoms in total. The highest BCUT2D eigenvalue weighted by molar-refractivity contribution is 7.16. The number of fused-ring (bicyclic) bond motifs is 1. The Hall–Kier alpha value is -3.06. The van der Waals surface area contributed by atoms with Crippen molar-refractivity contribution < 1.29 is 18.7 Å². The molecule has 0 aliphatic rings. The summed E-state index contributed by atoms with van der Waals surface area (Å²) < 4.78 is 20.8. The molecule has 0 unspecified atom stereocenters. The highest BCUT2D eigenvalue weighted by Gasteiger charge is 2.14. The Bertz CT molecular complexity index is 1050. The van der Waals surface area contributed by atoms with Gasteiger partial charge in [-0.2, -0.15) is 4.99 Å². The third kappa shape index (κ3) is 3.94. The monoisotopic (exact) mass is 370 g/mol. The number of halogens is 1. The summed E-state index contributed by atoms with van der Waals surface area (Å²) in [5, 5.41) is 0.